The summed E-state index contributed by atoms with van der Waals surface area (Å²) in [5.41, 5.74) is 12.1. The monoisotopic (exact) mass is 1130 g/mol. The minimum Gasteiger partial charge on any atom is -0.481 e. The van der Waals surface area contributed by atoms with Crippen LogP contribution in [-0.2, 0) is 68.5 Å². The second kappa shape index (κ2) is 50.0. The SMILES string of the molecule is CCCOCCOCC(=O)CCCOCCOCC(=O)NCCCC[C@H](CC(=O)[C@@H](N)Cc1cnc[nH]1)C(=O)C[C@H](C(N)=O)[C@@H](C)O.CNC(=O)CC[C@H](CC(=O)CCCCCCCCCCCCCCCCC(=O)O)C(=O)O.[HH].[HH]. The van der Waals surface area contributed by atoms with E-state index >= 15 is 0 Å². The van der Waals surface area contributed by atoms with Crippen LogP contribution in [0.25, 0.3) is 0 Å². The van der Waals surface area contributed by atoms with Crippen molar-refractivity contribution >= 4 is 52.8 Å². The van der Waals surface area contributed by atoms with Gasteiger partial charge in [-0.2, -0.15) is 0 Å². The Bertz CT molecular complexity index is 1830. The largest absolute Gasteiger partial charge is 0.481 e. The van der Waals surface area contributed by atoms with E-state index in [2.05, 4.69) is 20.6 Å². The Kier molecular flexibility index (Phi) is 46.8. The number of unbranched alkanes of at least 4 members (excludes halogenated alkanes) is 14. The lowest BCUT2D eigenvalue weighted by Crippen LogP contribution is -2.38. The van der Waals surface area contributed by atoms with Crippen molar-refractivity contribution < 1.29 is 80.3 Å². The molecule has 0 spiro atoms. The highest BCUT2D eigenvalue weighted by atomic mass is 16.5. The number of nitrogens with two attached hydrogens (primary N) is 2. The van der Waals surface area contributed by atoms with Crippen LogP contribution >= 0.6 is 0 Å². The van der Waals surface area contributed by atoms with E-state index < -0.39 is 47.7 Å². The third-order valence-corrected chi connectivity index (χ3v) is 13.2. The molecule has 0 aromatic carbocycles. The molecule has 0 aliphatic heterocycles. The molecule has 0 saturated heterocycles. The van der Waals surface area contributed by atoms with Crippen molar-refractivity contribution in [2.24, 2.45) is 29.2 Å². The first-order chi connectivity index (χ1) is 37.9. The summed E-state index contributed by atoms with van der Waals surface area (Å²) >= 11 is 0. The minimum absolute atomic E-state index is 0. The van der Waals surface area contributed by atoms with E-state index in [1.807, 2.05) is 6.92 Å². The molecule has 0 radical (unpaired) electrons. The highest BCUT2D eigenvalue weighted by molar-refractivity contribution is 5.92. The summed E-state index contributed by atoms with van der Waals surface area (Å²) in [7, 11) is 1.51. The number of carboxylic acids is 2. The van der Waals surface area contributed by atoms with Gasteiger partial charge in [-0.05, 0) is 51.9 Å². The first kappa shape index (κ1) is 74.0. The maximum Gasteiger partial charge on any atom is 0.306 e. The molecule has 1 rings (SSSR count). The lowest BCUT2D eigenvalue weighted by molar-refractivity contribution is -0.144. The summed E-state index contributed by atoms with van der Waals surface area (Å²) in [6.07, 6.45) is 22.0. The number of aromatic amines is 1. The van der Waals surface area contributed by atoms with E-state index in [1.54, 1.807) is 6.20 Å². The Morgan fingerprint density at radius 2 is 1.18 bits per heavy atom. The quantitative estimate of drug-likeness (QED) is 0.0327. The molecule has 1 aromatic heterocycles. The van der Waals surface area contributed by atoms with E-state index in [-0.39, 0.29) is 103 Å². The number of aliphatic hydroxyl groups excluding tert-OH is 1. The summed E-state index contributed by atoms with van der Waals surface area (Å²) in [5, 5.41) is 32.9. The fourth-order valence-electron chi connectivity index (χ4n) is 8.42. The molecule has 0 unspecified atom stereocenters. The number of aromatic nitrogens is 2. The van der Waals surface area contributed by atoms with E-state index in [0.29, 0.717) is 83.6 Å². The molecule has 22 nitrogen and oxygen atoms in total. The van der Waals surface area contributed by atoms with Gasteiger partial charge in [-0.25, -0.2) is 4.98 Å². The Hall–Kier alpha value is -5.00. The summed E-state index contributed by atoms with van der Waals surface area (Å²) < 4.78 is 21.3. The van der Waals surface area contributed by atoms with Crippen molar-refractivity contribution in [3.8, 4) is 0 Å². The molecule has 0 bridgehead atoms. The summed E-state index contributed by atoms with van der Waals surface area (Å²) in [6.45, 7) is 6.14. The zero-order valence-electron chi connectivity index (χ0n) is 48.0. The molecule has 458 valence electrons. The first-order valence-corrected chi connectivity index (χ1v) is 28.9. The van der Waals surface area contributed by atoms with Crippen LogP contribution in [0.3, 0.4) is 0 Å². The number of imidazole rings is 1. The fourth-order valence-corrected chi connectivity index (χ4v) is 8.42. The van der Waals surface area contributed by atoms with E-state index in [4.69, 9.17) is 35.5 Å². The van der Waals surface area contributed by atoms with Crippen LogP contribution in [0, 0.1) is 17.8 Å². The molecule has 0 aliphatic rings. The van der Waals surface area contributed by atoms with Gasteiger partial charge >= 0.3 is 11.9 Å². The third-order valence-electron chi connectivity index (χ3n) is 13.2. The third kappa shape index (κ3) is 44.4. The predicted molar refractivity (Wildman–Crippen MR) is 302 cm³/mol. The first-order valence-electron chi connectivity index (χ1n) is 28.9. The number of ketones is 4. The molecule has 1 heterocycles. The van der Waals surface area contributed by atoms with Gasteiger partial charge in [-0.1, -0.05) is 90.4 Å². The van der Waals surface area contributed by atoms with Gasteiger partial charge in [0, 0.05) is 98.8 Å². The molecular formula is C57H104N6O16. The molecule has 3 amide bonds. The summed E-state index contributed by atoms with van der Waals surface area (Å²) in [5.74, 6) is -6.18. The smallest absolute Gasteiger partial charge is 0.306 e. The van der Waals surface area contributed by atoms with Gasteiger partial charge < -0.3 is 61.4 Å². The number of hydrogen-bond donors (Lipinski definition) is 8. The second-order valence-corrected chi connectivity index (χ2v) is 20.3. The Balaban J connectivity index is -0.00000157. The number of carboxylic acid groups (broad SMARTS) is 2. The number of hydrogen-bond acceptors (Lipinski definition) is 16. The maximum atomic E-state index is 13.1. The molecule has 0 fully saturated rings. The van der Waals surface area contributed by atoms with Crippen molar-refractivity contribution in [1.29, 1.82) is 0 Å². The topological polar surface area (TPSA) is 356 Å². The van der Waals surface area contributed by atoms with Gasteiger partial charge in [0.15, 0.2) is 11.6 Å². The van der Waals surface area contributed by atoms with E-state index in [0.717, 1.165) is 44.9 Å². The van der Waals surface area contributed by atoms with Gasteiger partial charge in [-0.3, -0.25) is 43.2 Å². The molecule has 1 aromatic rings. The molecule has 22 heteroatoms. The number of carbonyl (C=O) groups is 9. The number of ether oxygens (including phenoxy) is 4. The average Bonchev–Trinajstić information content (AvgIpc) is 3.92. The molecule has 10 N–H and O–H groups in total. The van der Waals surface area contributed by atoms with Crippen LogP contribution in [0.1, 0.15) is 196 Å². The lowest BCUT2D eigenvalue weighted by atomic mass is 9.84. The zero-order valence-corrected chi connectivity index (χ0v) is 48.0. The maximum absolute atomic E-state index is 13.1. The Morgan fingerprint density at radius 1 is 0.620 bits per heavy atom. The van der Waals surface area contributed by atoms with Crippen LogP contribution in [0.5, 0.6) is 0 Å². The van der Waals surface area contributed by atoms with E-state index in [1.165, 1.54) is 71.7 Å². The summed E-state index contributed by atoms with van der Waals surface area (Å²) in [6, 6.07) is -0.839. The van der Waals surface area contributed by atoms with Crippen LogP contribution in [0.4, 0.5) is 0 Å². The molecule has 0 aliphatic carbocycles. The van der Waals surface area contributed by atoms with Gasteiger partial charge in [0.05, 0.1) is 56.7 Å². The minimum atomic E-state index is -1.11. The number of H-pyrrole nitrogens is 1. The normalized spacial score (nSPS) is 13.0. The van der Waals surface area contributed by atoms with Crippen LogP contribution in [0.2, 0.25) is 0 Å². The van der Waals surface area contributed by atoms with Crippen molar-refractivity contribution in [1.82, 2.24) is 20.6 Å². The van der Waals surface area contributed by atoms with Crippen molar-refractivity contribution in [3.05, 3.63) is 18.2 Å². The number of amides is 3. The van der Waals surface area contributed by atoms with Crippen molar-refractivity contribution in [2.45, 2.75) is 206 Å². The Morgan fingerprint density at radius 3 is 1.71 bits per heavy atom. The molecule has 79 heavy (non-hydrogen) atoms. The number of aliphatic hydroxyl groups is 1. The predicted octanol–water partition coefficient (Wildman–Crippen LogP) is 6.40. The molecule has 5 atom stereocenters. The summed E-state index contributed by atoms with van der Waals surface area (Å²) in [4.78, 5) is 113. The standard InChI is InChI=1S/C32H55N5O10.C25H45NO6.2H2/c1-3-10-44-12-14-46-20-26(39)8-6-11-45-13-15-47-21-31(42)36-9-5-4-7-24(29(40)18-27(23(2)38)32(34)43)16-30(41)28(33)17-25-19-35-22-37-25;1-26-23(28)19-18-21(25(31)32)20-22(27)16-14-12-10-8-6-4-2-3-5-7-9-11-13-15-17-24(29)30;;/h19,22-24,27-28,38H,3-18,20-21,33H2,1-2H3,(H2,34,43)(H,35,37)(H,36,42);21H,2-20H2,1H3,(H,26,28)(H,29,30)(H,31,32);2*1H/t23-,24-,27+,28+;21-;;/m11../s1. The number of primary amides is 1. The second-order valence-electron chi connectivity index (χ2n) is 20.3. The highest BCUT2D eigenvalue weighted by Gasteiger charge is 2.31. The van der Waals surface area contributed by atoms with Gasteiger partial charge in [0.2, 0.25) is 17.7 Å². The average molecular weight is 1130 g/mol. The highest BCUT2D eigenvalue weighted by Crippen LogP contribution is 2.22. The number of aliphatic carboxylic acids is 2. The number of Topliss-reactive ketones (excluding diaryl/α,β-unsaturated/α-hetero) is 4. The van der Waals surface area contributed by atoms with Gasteiger partial charge in [0.25, 0.3) is 0 Å². The fraction of sp³-hybridized carbons (Fsp3) is 0.789. The van der Waals surface area contributed by atoms with Gasteiger partial charge in [0.1, 0.15) is 24.8 Å². The number of rotatable bonds is 54. The number of carbonyl (C=O) groups excluding carboxylic acids is 7. The van der Waals surface area contributed by atoms with Crippen LogP contribution in [-0.4, -0.2) is 157 Å². The number of nitrogens with one attached hydrogen (secondary N) is 3. The van der Waals surface area contributed by atoms with Crippen LogP contribution in [0.15, 0.2) is 12.5 Å². The van der Waals surface area contributed by atoms with E-state index in [9.17, 15) is 53.4 Å². The van der Waals surface area contributed by atoms with Crippen molar-refractivity contribution in [3.63, 3.8) is 0 Å². The van der Waals surface area contributed by atoms with Gasteiger partial charge in [-0.15, -0.1) is 0 Å². The Labute approximate surface area is 472 Å². The number of nitrogens with zero attached hydrogens (tertiary/aromatic N) is 1. The van der Waals surface area contributed by atoms with Crippen LogP contribution < -0.4 is 22.1 Å². The van der Waals surface area contributed by atoms with Crippen molar-refractivity contribution in [2.75, 3.05) is 66.4 Å². The lowest BCUT2D eigenvalue weighted by Gasteiger charge is -2.21. The zero-order chi connectivity index (χ0) is 58.9. The molecule has 0 saturated carbocycles. The molecular weight excluding hydrogens is 1020 g/mol.